The molecular formula is C25H27NO4. The van der Waals surface area contributed by atoms with Gasteiger partial charge in [-0.25, -0.2) is 0 Å². The van der Waals surface area contributed by atoms with Gasteiger partial charge in [-0.15, -0.1) is 0 Å². The summed E-state index contributed by atoms with van der Waals surface area (Å²) in [4.78, 5) is 37.4. The Bertz CT molecular complexity index is 976. The number of nitrogens with one attached hydrogen (secondary N) is 1. The average molecular weight is 405 g/mol. The zero-order valence-electron chi connectivity index (χ0n) is 17.1. The van der Waals surface area contributed by atoms with E-state index in [0.29, 0.717) is 23.3 Å². The highest BCUT2D eigenvalue weighted by atomic mass is 16.5. The molecule has 5 heteroatoms. The number of carbonyl (C=O) groups is 3. The van der Waals surface area contributed by atoms with Crippen molar-refractivity contribution < 1.29 is 19.1 Å². The van der Waals surface area contributed by atoms with E-state index in [1.54, 1.807) is 12.1 Å². The monoisotopic (exact) mass is 405 g/mol. The standard InChI is InChI=1S/C25H27NO4/c27-22(25-11-16-7-17(12-25)9-18(8-16)13-25)15-30-23(28)14-26-24(29)21-6-5-19-3-1-2-4-20(19)10-21/h1-6,10,16-18H,7-9,11-15H2,(H,26,29). The second-order valence-corrected chi connectivity index (χ2v) is 9.53. The third kappa shape index (κ3) is 3.62. The lowest BCUT2D eigenvalue weighted by molar-refractivity contribution is -0.157. The van der Waals surface area contributed by atoms with Crippen molar-refractivity contribution in [1.82, 2.24) is 5.32 Å². The highest BCUT2D eigenvalue weighted by molar-refractivity contribution is 5.99. The highest BCUT2D eigenvalue weighted by Crippen LogP contribution is 2.60. The molecule has 4 fully saturated rings. The number of ketones is 1. The summed E-state index contributed by atoms with van der Waals surface area (Å²) in [7, 11) is 0. The summed E-state index contributed by atoms with van der Waals surface area (Å²) in [6, 6.07) is 13.2. The van der Waals surface area contributed by atoms with E-state index < -0.39 is 5.97 Å². The van der Waals surface area contributed by atoms with Crippen LogP contribution in [0, 0.1) is 23.2 Å². The fourth-order valence-electron chi connectivity index (χ4n) is 6.39. The molecule has 0 unspecified atom stereocenters. The Morgan fingerprint density at radius 3 is 2.20 bits per heavy atom. The molecule has 1 N–H and O–H groups in total. The van der Waals surface area contributed by atoms with Crippen molar-refractivity contribution in [3.8, 4) is 0 Å². The Kier molecular flexibility index (Phi) is 4.84. The summed E-state index contributed by atoms with van der Waals surface area (Å²) in [5, 5.41) is 4.62. The van der Waals surface area contributed by atoms with Crippen LogP contribution >= 0.6 is 0 Å². The zero-order valence-corrected chi connectivity index (χ0v) is 17.1. The molecule has 0 radical (unpaired) electrons. The van der Waals surface area contributed by atoms with Gasteiger partial charge in [-0.3, -0.25) is 14.4 Å². The van der Waals surface area contributed by atoms with Crippen molar-refractivity contribution in [3.05, 3.63) is 48.0 Å². The summed E-state index contributed by atoms with van der Waals surface area (Å²) in [5.74, 6) is 1.22. The molecular weight excluding hydrogens is 378 g/mol. The number of amides is 1. The Hall–Kier alpha value is -2.69. The van der Waals surface area contributed by atoms with E-state index in [4.69, 9.17) is 4.74 Å². The Balaban J connectivity index is 1.13. The summed E-state index contributed by atoms with van der Waals surface area (Å²) in [5.41, 5.74) is 0.231. The molecule has 4 aliphatic rings. The second kappa shape index (κ2) is 7.53. The van der Waals surface area contributed by atoms with Gasteiger partial charge in [-0.05, 0) is 79.2 Å². The van der Waals surface area contributed by atoms with Crippen LogP contribution in [0.4, 0.5) is 0 Å². The molecule has 0 aliphatic heterocycles. The fourth-order valence-corrected chi connectivity index (χ4v) is 6.39. The molecule has 4 bridgehead atoms. The summed E-state index contributed by atoms with van der Waals surface area (Å²) < 4.78 is 5.25. The SMILES string of the molecule is O=C(CNC(=O)c1ccc2ccccc2c1)OCC(=O)C12CC3CC(CC(C3)C1)C2. The number of esters is 1. The maximum Gasteiger partial charge on any atom is 0.325 e. The van der Waals surface area contributed by atoms with Crippen LogP contribution in [0.25, 0.3) is 10.8 Å². The molecule has 2 aromatic rings. The number of carbonyl (C=O) groups excluding carboxylic acids is 3. The number of hydrogen-bond donors (Lipinski definition) is 1. The fraction of sp³-hybridized carbons (Fsp3) is 0.480. The van der Waals surface area contributed by atoms with Crippen molar-refractivity contribution in [2.24, 2.45) is 23.2 Å². The van der Waals surface area contributed by atoms with Gasteiger partial charge in [-0.1, -0.05) is 30.3 Å². The van der Waals surface area contributed by atoms with E-state index >= 15 is 0 Å². The Morgan fingerprint density at radius 2 is 1.53 bits per heavy atom. The quantitative estimate of drug-likeness (QED) is 0.740. The van der Waals surface area contributed by atoms with Gasteiger partial charge >= 0.3 is 5.97 Å². The highest BCUT2D eigenvalue weighted by Gasteiger charge is 2.54. The lowest BCUT2D eigenvalue weighted by atomic mass is 9.48. The van der Waals surface area contributed by atoms with E-state index in [0.717, 1.165) is 30.0 Å². The number of benzene rings is 2. The maximum atomic E-state index is 12.9. The van der Waals surface area contributed by atoms with E-state index in [9.17, 15) is 14.4 Å². The first-order chi connectivity index (χ1) is 14.5. The van der Waals surface area contributed by atoms with Crippen LogP contribution in [0.3, 0.4) is 0 Å². The molecule has 5 nitrogen and oxygen atoms in total. The largest absolute Gasteiger partial charge is 0.456 e. The molecule has 0 atom stereocenters. The van der Waals surface area contributed by atoms with Crippen LogP contribution in [0.15, 0.2) is 42.5 Å². The van der Waals surface area contributed by atoms with E-state index in [2.05, 4.69) is 5.32 Å². The smallest absolute Gasteiger partial charge is 0.325 e. The van der Waals surface area contributed by atoms with Gasteiger partial charge in [0, 0.05) is 11.0 Å². The average Bonchev–Trinajstić information content (AvgIpc) is 2.74. The number of Topliss-reactive ketones (excluding diaryl/α,β-unsaturated/α-hetero) is 1. The van der Waals surface area contributed by atoms with Crippen LogP contribution in [0.5, 0.6) is 0 Å². The molecule has 4 saturated carbocycles. The van der Waals surface area contributed by atoms with E-state index in [1.807, 2.05) is 30.3 Å². The summed E-state index contributed by atoms with van der Waals surface area (Å²) in [6.07, 6.45) is 6.71. The van der Waals surface area contributed by atoms with Gasteiger partial charge in [0.2, 0.25) is 0 Å². The first-order valence-electron chi connectivity index (χ1n) is 11.0. The predicted molar refractivity (Wildman–Crippen MR) is 113 cm³/mol. The molecule has 4 aliphatic carbocycles. The van der Waals surface area contributed by atoms with Gasteiger partial charge in [-0.2, -0.15) is 0 Å². The molecule has 0 spiro atoms. The maximum absolute atomic E-state index is 12.9. The first-order valence-corrected chi connectivity index (χ1v) is 11.0. The number of rotatable bonds is 6. The van der Waals surface area contributed by atoms with Crippen LogP contribution in [0.2, 0.25) is 0 Å². The van der Waals surface area contributed by atoms with Crippen molar-refractivity contribution >= 4 is 28.4 Å². The summed E-state index contributed by atoms with van der Waals surface area (Å²) in [6.45, 7) is -0.406. The van der Waals surface area contributed by atoms with Gasteiger partial charge < -0.3 is 10.1 Å². The first kappa shape index (κ1) is 19.3. The van der Waals surface area contributed by atoms with Crippen LogP contribution in [-0.4, -0.2) is 30.8 Å². The van der Waals surface area contributed by atoms with Crippen molar-refractivity contribution in [3.63, 3.8) is 0 Å². The van der Waals surface area contributed by atoms with Gasteiger partial charge in [0.15, 0.2) is 12.4 Å². The zero-order chi connectivity index (χ0) is 20.7. The molecule has 6 rings (SSSR count). The number of fused-ring (bicyclic) bond motifs is 1. The topological polar surface area (TPSA) is 72.5 Å². The van der Waals surface area contributed by atoms with Crippen LogP contribution in [-0.2, 0) is 14.3 Å². The molecule has 2 aromatic carbocycles. The van der Waals surface area contributed by atoms with E-state index in [1.165, 1.54) is 19.3 Å². The Labute approximate surface area is 176 Å². The molecule has 0 saturated heterocycles. The molecule has 30 heavy (non-hydrogen) atoms. The number of ether oxygens (including phenoxy) is 1. The summed E-state index contributed by atoms with van der Waals surface area (Å²) >= 11 is 0. The van der Waals surface area contributed by atoms with Gasteiger partial charge in [0.05, 0.1) is 0 Å². The minimum absolute atomic E-state index is 0.0794. The molecule has 0 heterocycles. The lowest BCUT2D eigenvalue weighted by Gasteiger charge is -2.55. The predicted octanol–water partition coefficient (Wildman–Crippen LogP) is 3.90. The third-order valence-corrected chi connectivity index (χ3v) is 7.40. The normalized spacial score (nSPS) is 29.0. The molecule has 156 valence electrons. The van der Waals surface area contributed by atoms with Crippen LogP contribution in [0.1, 0.15) is 48.9 Å². The van der Waals surface area contributed by atoms with Crippen LogP contribution < -0.4 is 5.32 Å². The van der Waals surface area contributed by atoms with Gasteiger partial charge in [0.25, 0.3) is 5.91 Å². The molecule has 0 aromatic heterocycles. The number of hydrogen-bond acceptors (Lipinski definition) is 4. The van der Waals surface area contributed by atoms with Crippen molar-refractivity contribution in [2.75, 3.05) is 13.2 Å². The molecule has 1 amide bonds. The lowest BCUT2D eigenvalue weighted by Crippen LogP contribution is -2.51. The Morgan fingerprint density at radius 1 is 0.900 bits per heavy atom. The third-order valence-electron chi connectivity index (χ3n) is 7.40. The minimum Gasteiger partial charge on any atom is -0.456 e. The van der Waals surface area contributed by atoms with Gasteiger partial charge in [0.1, 0.15) is 6.54 Å². The second-order valence-electron chi connectivity index (χ2n) is 9.53. The minimum atomic E-state index is -0.567. The van der Waals surface area contributed by atoms with Crippen molar-refractivity contribution in [1.29, 1.82) is 0 Å². The van der Waals surface area contributed by atoms with Crippen molar-refractivity contribution in [2.45, 2.75) is 38.5 Å². The van der Waals surface area contributed by atoms with E-state index in [-0.39, 0.29) is 30.3 Å².